The zero-order valence-corrected chi connectivity index (χ0v) is 13.4. The second-order valence-electron chi connectivity index (χ2n) is 5.62. The number of rotatable bonds is 3. The molecule has 0 saturated carbocycles. The highest BCUT2D eigenvalue weighted by Crippen LogP contribution is 2.36. The smallest absolute Gasteiger partial charge is 0.342 e. The number of ether oxygens (including phenoxy) is 2. The molecular formula is C16H19NO3S. The lowest BCUT2D eigenvalue weighted by Gasteiger charge is -2.20. The summed E-state index contributed by atoms with van der Waals surface area (Å²) in [5, 5.41) is 2.32. The third-order valence-electron chi connectivity index (χ3n) is 2.80. The normalized spacial score (nSPS) is 11.2. The van der Waals surface area contributed by atoms with Crippen molar-refractivity contribution in [3.05, 3.63) is 35.2 Å². The van der Waals surface area contributed by atoms with E-state index in [0.29, 0.717) is 10.6 Å². The Kier molecular flexibility index (Phi) is 4.23. The molecule has 0 fully saturated rings. The number of esters is 1. The molecule has 0 amide bonds. The average Bonchev–Trinajstić information content (AvgIpc) is 2.79. The molecule has 2 aromatic rings. The maximum absolute atomic E-state index is 12.4. The number of anilines is 1. The maximum Gasteiger partial charge on any atom is 0.342 e. The largest absolute Gasteiger partial charge is 0.497 e. The van der Waals surface area contributed by atoms with E-state index in [1.807, 2.05) is 50.4 Å². The van der Waals surface area contributed by atoms with Crippen molar-refractivity contribution in [2.24, 2.45) is 0 Å². The summed E-state index contributed by atoms with van der Waals surface area (Å²) in [6, 6.07) is 7.51. The Labute approximate surface area is 128 Å². The quantitative estimate of drug-likeness (QED) is 0.872. The Bertz CT molecular complexity index is 656. The van der Waals surface area contributed by atoms with Gasteiger partial charge in [-0.25, -0.2) is 4.79 Å². The van der Waals surface area contributed by atoms with Gasteiger partial charge in [0, 0.05) is 10.9 Å². The summed E-state index contributed by atoms with van der Waals surface area (Å²) in [7, 11) is 1.61. The first-order valence-corrected chi connectivity index (χ1v) is 7.44. The van der Waals surface area contributed by atoms with Crippen LogP contribution < -0.4 is 10.5 Å². The van der Waals surface area contributed by atoms with Crippen molar-refractivity contribution in [1.29, 1.82) is 0 Å². The molecule has 0 aliphatic carbocycles. The lowest BCUT2D eigenvalue weighted by Crippen LogP contribution is -2.24. The minimum absolute atomic E-state index is 0.404. The molecule has 5 heteroatoms. The molecule has 21 heavy (non-hydrogen) atoms. The standard InChI is InChI=1S/C16H19NO3S/c1-16(2,3)20-15(18)13-12(9-21-14(13)17)10-6-5-7-11(8-10)19-4/h5-9H,17H2,1-4H3. The first-order valence-electron chi connectivity index (χ1n) is 6.56. The lowest BCUT2D eigenvalue weighted by molar-refractivity contribution is 0.00722. The van der Waals surface area contributed by atoms with Gasteiger partial charge < -0.3 is 15.2 Å². The van der Waals surface area contributed by atoms with Crippen LogP contribution in [0.25, 0.3) is 11.1 Å². The highest BCUT2D eigenvalue weighted by Gasteiger charge is 2.24. The third kappa shape index (κ3) is 3.55. The van der Waals surface area contributed by atoms with Crippen LogP contribution in [0.5, 0.6) is 5.75 Å². The van der Waals surface area contributed by atoms with E-state index in [-0.39, 0.29) is 0 Å². The number of carbonyl (C=O) groups excluding carboxylic acids is 1. The minimum atomic E-state index is -0.558. The van der Waals surface area contributed by atoms with Crippen LogP contribution in [0.4, 0.5) is 5.00 Å². The van der Waals surface area contributed by atoms with E-state index in [1.165, 1.54) is 11.3 Å². The van der Waals surface area contributed by atoms with E-state index < -0.39 is 11.6 Å². The van der Waals surface area contributed by atoms with Crippen molar-refractivity contribution >= 4 is 22.3 Å². The van der Waals surface area contributed by atoms with Crippen molar-refractivity contribution in [2.45, 2.75) is 26.4 Å². The number of thiophene rings is 1. The number of methoxy groups -OCH3 is 1. The molecule has 4 nitrogen and oxygen atoms in total. The van der Waals surface area contributed by atoms with Gasteiger partial charge in [-0.15, -0.1) is 11.3 Å². The molecule has 1 aromatic heterocycles. The third-order valence-corrected chi connectivity index (χ3v) is 3.61. The van der Waals surface area contributed by atoms with Gasteiger partial charge in [-0.2, -0.15) is 0 Å². The average molecular weight is 305 g/mol. The van der Waals surface area contributed by atoms with Crippen LogP contribution in [0, 0.1) is 0 Å². The van der Waals surface area contributed by atoms with Gasteiger partial charge in [0.2, 0.25) is 0 Å². The van der Waals surface area contributed by atoms with Crippen LogP contribution in [-0.2, 0) is 4.74 Å². The first kappa shape index (κ1) is 15.4. The molecule has 0 bridgehead atoms. The molecule has 0 atom stereocenters. The fourth-order valence-electron chi connectivity index (χ4n) is 1.92. The second kappa shape index (κ2) is 5.77. The highest BCUT2D eigenvalue weighted by atomic mass is 32.1. The number of hydrogen-bond acceptors (Lipinski definition) is 5. The van der Waals surface area contributed by atoms with Crippen LogP contribution in [0.15, 0.2) is 29.6 Å². The number of hydrogen-bond donors (Lipinski definition) is 1. The van der Waals surface area contributed by atoms with Crippen LogP contribution in [0.3, 0.4) is 0 Å². The fourth-order valence-corrected chi connectivity index (χ4v) is 2.73. The molecule has 0 aliphatic heterocycles. The molecule has 0 spiro atoms. The first-order chi connectivity index (χ1) is 9.81. The number of benzene rings is 1. The van der Waals surface area contributed by atoms with E-state index in [9.17, 15) is 4.79 Å². The maximum atomic E-state index is 12.4. The van der Waals surface area contributed by atoms with Gasteiger partial charge in [0.1, 0.15) is 21.9 Å². The van der Waals surface area contributed by atoms with Gasteiger partial charge in [-0.1, -0.05) is 12.1 Å². The Morgan fingerprint density at radius 1 is 1.29 bits per heavy atom. The molecule has 0 radical (unpaired) electrons. The van der Waals surface area contributed by atoms with Crippen molar-refractivity contribution in [3.8, 4) is 16.9 Å². The summed E-state index contributed by atoms with van der Waals surface area (Å²) in [5.41, 5.74) is 7.46. The van der Waals surface area contributed by atoms with E-state index in [0.717, 1.165) is 16.9 Å². The fraction of sp³-hybridized carbons (Fsp3) is 0.312. The molecule has 1 heterocycles. The molecule has 0 unspecified atom stereocenters. The van der Waals surface area contributed by atoms with Gasteiger partial charge in [0.15, 0.2) is 0 Å². The Morgan fingerprint density at radius 2 is 2.00 bits per heavy atom. The zero-order chi connectivity index (χ0) is 15.6. The SMILES string of the molecule is COc1cccc(-c2csc(N)c2C(=O)OC(C)(C)C)c1. The summed E-state index contributed by atoms with van der Waals surface area (Å²) >= 11 is 1.33. The van der Waals surface area contributed by atoms with E-state index >= 15 is 0 Å². The highest BCUT2D eigenvalue weighted by molar-refractivity contribution is 7.14. The predicted octanol–water partition coefficient (Wildman–Crippen LogP) is 3.96. The summed E-state index contributed by atoms with van der Waals surface area (Å²) < 4.78 is 10.7. The Hall–Kier alpha value is -2.01. The number of nitrogen functional groups attached to an aromatic ring is 1. The Morgan fingerprint density at radius 3 is 2.62 bits per heavy atom. The minimum Gasteiger partial charge on any atom is -0.497 e. The van der Waals surface area contributed by atoms with Crippen molar-refractivity contribution in [2.75, 3.05) is 12.8 Å². The van der Waals surface area contributed by atoms with E-state index in [2.05, 4.69) is 0 Å². The molecule has 2 N–H and O–H groups in total. The van der Waals surface area contributed by atoms with Crippen molar-refractivity contribution < 1.29 is 14.3 Å². The number of nitrogens with two attached hydrogens (primary N) is 1. The molecule has 0 saturated heterocycles. The van der Waals surface area contributed by atoms with E-state index in [4.69, 9.17) is 15.2 Å². The summed E-state index contributed by atoms with van der Waals surface area (Å²) in [4.78, 5) is 12.4. The van der Waals surface area contributed by atoms with Gasteiger partial charge in [-0.05, 0) is 38.5 Å². The van der Waals surface area contributed by atoms with Gasteiger partial charge >= 0.3 is 5.97 Å². The van der Waals surface area contributed by atoms with E-state index in [1.54, 1.807) is 7.11 Å². The topological polar surface area (TPSA) is 61.5 Å². The lowest BCUT2D eigenvalue weighted by atomic mass is 10.0. The summed E-state index contributed by atoms with van der Waals surface area (Å²) in [5.74, 6) is 0.325. The van der Waals surface area contributed by atoms with Crippen LogP contribution >= 0.6 is 11.3 Å². The van der Waals surface area contributed by atoms with Crippen LogP contribution in [0.1, 0.15) is 31.1 Å². The van der Waals surface area contributed by atoms with Crippen molar-refractivity contribution in [1.82, 2.24) is 0 Å². The monoisotopic (exact) mass is 305 g/mol. The molecule has 1 aromatic carbocycles. The molecule has 112 valence electrons. The predicted molar refractivity (Wildman–Crippen MR) is 85.9 cm³/mol. The summed E-state index contributed by atoms with van der Waals surface area (Å²) in [6.07, 6.45) is 0. The van der Waals surface area contributed by atoms with Gasteiger partial charge in [0.25, 0.3) is 0 Å². The Balaban J connectivity index is 2.44. The second-order valence-corrected chi connectivity index (χ2v) is 6.53. The van der Waals surface area contributed by atoms with Gasteiger partial charge in [0.05, 0.1) is 7.11 Å². The number of carbonyl (C=O) groups is 1. The zero-order valence-electron chi connectivity index (χ0n) is 12.6. The summed E-state index contributed by atoms with van der Waals surface area (Å²) in [6.45, 7) is 5.50. The molecule has 2 rings (SSSR count). The van der Waals surface area contributed by atoms with Gasteiger partial charge in [-0.3, -0.25) is 0 Å². The van der Waals surface area contributed by atoms with Crippen LogP contribution in [-0.4, -0.2) is 18.7 Å². The molecular weight excluding hydrogens is 286 g/mol. The van der Waals surface area contributed by atoms with Crippen molar-refractivity contribution in [3.63, 3.8) is 0 Å². The molecule has 0 aliphatic rings. The van der Waals surface area contributed by atoms with Crippen LogP contribution in [0.2, 0.25) is 0 Å².